The van der Waals surface area contributed by atoms with Crippen molar-refractivity contribution in [2.75, 3.05) is 5.75 Å². The highest BCUT2D eigenvalue weighted by Crippen LogP contribution is 2.42. The molecule has 0 bridgehead atoms. The van der Waals surface area contributed by atoms with Crippen LogP contribution in [0.5, 0.6) is 0 Å². The minimum absolute atomic E-state index is 0.285. The molecule has 0 aromatic carbocycles. The molecule has 1 fully saturated rings. The van der Waals surface area contributed by atoms with Gasteiger partial charge in [0.1, 0.15) is 6.10 Å². The van der Waals surface area contributed by atoms with Gasteiger partial charge in [0, 0.05) is 26.4 Å². The third-order valence-corrected chi connectivity index (χ3v) is 7.67. The molecule has 0 saturated carbocycles. The largest absolute Gasteiger partial charge is 0.386 e. The van der Waals surface area contributed by atoms with E-state index in [-0.39, 0.29) is 6.10 Å². The molecule has 16 heavy (non-hydrogen) atoms. The van der Waals surface area contributed by atoms with Crippen LogP contribution in [0.4, 0.5) is 0 Å². The average molecular weight is 274 g/mol. The monoisotopic (exact) mass is 274 g/mol. The van der Waals surface area contributed by atoms with Gasteiger partial charge < -0.3 is 5.11 Å². The Morgan fingerprint density at radius 1 is 1.38 bits per heavy atom. The standard InChI is InChI=1S/C12H18OS3/c1-7-4-5-14-12(7)11(13)10-6-15-8(2)9(3)16-10/h4-5,8-11,13H,6H2,1-3H3. The molecule has 4 unspecified atom stereocenters. The van der Waals surface area contributed by atoms with Crippen molar-refractivity contribution >= 4 is 34.9 Å². The lowest BCUT2D eigenvalue weighted by molar-refractivity contribution is 0.183. The highest BCUT2D eigenvalue weighted by molar-refractivity contribution is 8.07. The third-order valence-electron chi connectivity index (χ3n) is 3.10. The number of aliphatic hydroxyl groups excluding tert-OH is 1. The minimum atomic E-state index is -0.285. The molecule has 0 aliphatic carbocycles. The molecule has 0 radical (unpaired) electrons. The summed E-state index contributed by atoms with van der Waals surface area (Å²) in [5.41, 5.74) is 1.23. The Bertz CT molecular complexity index is 350. The van der Waals surface area contributed by atoms with E-state index in [9.17, 15) is 5.11 Å². The lowest BCUT2D eigenvalue weighted by Crippen LogP contribution is -2.30. The summed E-state index contributed by atoms with van der Waals surface area (Å²) in [5.74, 6) is 1.06. The number of rotatable bonds is 2. The fraction of sp³-hybridized carbons (Fsp3) is 0.667. The summed E-state index contributed by atoms with van der Waals surface area (Å²) in [5, 5.41) is 14.2. The van der Waals surface area contributed by atoms with E-state index in [4.69, 9.17) is 0 Å². The molecule has 1 aliphatic rings. The molecule has 1 aromatic rings. The molecule has 0 spiro atoms. The zero-order valence-corrected chi connectivity index (χ0v) is 12.3. The van der Waals surface area contributed by atoms with Crippen molar-refractivity contribution in [1.82, 2.24) is 0 Å². The van der Waals surface area contributed by atoms with Gasteiger partial charge in [-0.1, -0.05) is 13.8 Å². The third kappa shape index (κ3) is 2.61. The Labute approximate surface area is 110 Å². The van der Waals surface area contributed by atoms with Crippen molar-refractivity contribution in [3.8, 4) is 0 Å². The second-order valence-electron chi connectivity index (χ2n) is 4.33. The first-order chi connectivity index (χ1) is 7.59. The Morgan fingerprint density at radius 3 is 2.69 bits per heavy atom. The number of hydrogen-bond acceptors (Lipinski definition) is 4. The zero-order chi connectivity index (χ0) is 11.7. The van der Waals surface area contributed by atoms with Crippen molar-refractivity contribution in [1.29, 1.82) is 0 Å². The molecule has 0 amide bonds. The van der Waals surface area contributed by atoms with Crippen LogP contribution in [0.3, 0.4) is 0 Å². The van der Waals surface area contributed by atoms with E-state index in [0.29, 0.717) is 15.7 Å². The van der Waals surface area contributed by atoms with E-state index in [0.717, 1.165) is 10.6 Å². The van der Waals surface area contributed by atoms with Gasteiger partial charge >= 0.3 is 0 Å². The van der Waals surface area contributed by atoms with Crippen LogP contribution in [-0.2, 0) is 0 Å². The van der Waals surface area contributed by atoms with Gasteiger partial charge in [0.25, 0.3) is 0 Å². The van der Waals surface area contributed by atoms with Gasteiger partial charge in [-0.15, -0.1) is 11.3 Å². The summed E-state index contributed by atoms with van der Waals surface area (Å²) >= 11 is 5.62. The summed E-state index contributed by atoms with van der Waals surface area (Å²) in [6.45, 7) is 6.63. The topological polar surface area (TPSA) is 20.2 Å². The summed E-state index contributed by atoms with van der Waals surface area (Å²) < 4.78 is 0. The highest BCUT2D eigenvalue weighted by Gasteiger charge is 2.32. The van der Waals surface area contributed by atoms with Crippen LogP contribution < -0.4 is 0 Å². The van der Waals surface area contributed by atoms with Crippen LogP contribution in [-0.4, -0.2) is 26.6 Å². The summed E-state index contributed by atoms with van der Waals surface area (Å²) in [7, 11) is 0. The number of hydrogen-bond donors (Lipinski definition) is 1. The molecule has 1 nitrogen and oxygen atoms in total. The lowest BCUT2D eigenvalue weighted by atomic mass is 10.1. The first kappa shape index (κ1) is 12.8. The Morgan fingerprint density at radius 2 is 2.12 bits per heavy atom. The average Bonchev–Trinajstić information content (AvgIpc) is 2.67. The Balaban J connectivity index is 2.06. The van der Waals surface area contributed by atoms with Gasteiger partial charge in [-0.25, -0.2) is 0 Å². The van der Waals surface area contributed by atoms with E-state index < -0.39 is 0 Å². The maximum Gasteiger partial charge on any atom is 0.101 e. The maximum absolute atomic E-state index is 10.4. The fourth-order valence-electron chi connectivity index (χ4n) is 1.83. The quantitative estimate of drug-likeness (QED) is 0.887. The van der Waals surface area contributed by atoms with Crippen LogP contribution in [0.25, 0.3) is 0 Å². The molecule has 2 heterocycles. The van der Waals surface area contributed by atoms with Gasteiger partial charge in [0.2, 0.25) is 0 Å². The molecule has 2 rings (SSSR count). The van der Waals surface area contributed by atoms with E-state index in [1.807, 2.05) is 23.5 Å². The Kier molecular flexibility index (Phi) is 4.27. The second-order valence-corrected chi connectivity index (χ2v) is 8.31. The first-order valence-corrected chi connectivity index (χ1v) is 8.46. The Hall–Kier alpha value is 0.360. The predicted octanol–water partition coefficient (Wildman–Crippen LogP) is 3.72. The van der Waals surface area contributed by atoms with E-state index in [1.165, 1.54) is 5.56 Å². The summed E-state index contributed by atoms with van der Waals surface area (Å²) in [4.78, 5) is 1.15. The van der Waals surface area contributed by atoms with Crippen LogP contribution in [0.2, 0.25) is 0 Å². The molecule has 1 saturated heterocycles. The molecule has 1 aliphatic heterocycles. The second kappa shape index (κ2) is 5.34. The fourth-order valence-corrected chi connectivity index (χ4v) is 5.87. The van der Waals surface area contributed by atoms with Crippen LogP contribution in [0.15, 0.2) is 11.4 Å². The van der Waals surface area contributed by atoms with Crippen molar-refractivity contribution < 1.29 is 5.11 Å². The number of thioether (sulfide) groups is 2. The SMILES string of the molecule is Cc1ccsc1C(O)C1CSC(C)C(C)S1. The van der Waals surface area contributed by atoms with Gasteiger partial charge in [-0.3, -0.25) is 0 Å². The van der Waals surface area contributed by atoms with Gasteiger partial charge in [-0.2, -0.15) is 23.5 Å². The molecule has 4 atom stereocenters. The minimum Gasteiger partial charge on any atom is -0.386 e. The lowest BCUT2D eigenvalue weighted by Gasteiger charge is -2.33. The summed E-state index contributed by atoms with van der Waals surface area (Å²) in [6, 6.07) is 2.09. The van der Waals surface area contributed by atoms with Gasteiger partial charge in [-0.05, 0) is 23.9 Å². The van der Waals surface area contributed by atoms with Gasteiger partial charge in [0.05, 0.1) is 0 Å². The summed E-state index contributed by atoms with van der Waals surface area (Å²) in [6.07, 6.45) is -0.285. The molecule has 90 valence electrons. The van der Waals surface area contributed by atoms with E-state index in [2.05, 4.69) is 32.2 Å². The smallest absolute Gasteiger partial charge is 0.101 e. The molecule has 1 N–H and O–H groups in total. The highest BCUT2D eigenvalue weighted by atomic mass is 32.2. The predicted molar refractivity (Wildman–Crippen MR) is 76.8 cm³/mol. The number of thiophene rings is 1. The molecular weight excluding hydrogens is 256 g/mol. The number of aliphatic hydroxyl groups is 1. The normalized spacial score (nSPS) is 32.6. The maximum atomic E-state index is 10.4. The van der Waals surface area contributed by atoms with Crippen LogP contribution >= 0.6 is 34.9 Å². The number of aryl methyl sites for hydroxylation is 1. The molecular formula is C12H18OS3. The van der Waals surface area contributed by atoms with Crippen molar-refractivity contribution in [3.05, 3.63) is 21.9 Å². The first-order valence-electron chi connectivity index (χ1n) is 5.58. The molecule has 4 heteroatoms. The van der Waals surface area contributed by atoms with Crippen molar-refractivity contribution in [2.45, 2.75) is 42.6 Å². The van der Waals surface area contributed by atoms with E-state index >= 15 is 0 Å². The zero-order valence-electron chi connectivity index (χ0n) is 9.84. The van der Waals surface area contributed by atoms with Crippen molar-refractivity contribution in [2.24, 2.45) is 0 Å². The van der Waals surface area contributed by atoms with E-state index in [1.54, 1.807) is 11.3 Å². The van der Waals surface area contributed by atoms with Gasteiger partial charge in [0.15, 0.2) is 0 Å². The van der Waals surface area contributed by atoms with Crippen molar-refractivity contribution in [3.63, 3.8) is 0 Å². The van der Waals surface area contributed by atoms with Crippen LogP contribution in [0.1, 0.15) is 30.4 Å². The van der Waals surface area contributed by atoms with Crippen LogP contribution in [0, 0.1) is 6.92 Å². The molecule has 1 aromatic heterocycles.